The summed E-state index contributed by atoms with van der Waals surface area (Å²) in [4.78, 5) is 26.1. The SMILES string of the molecule is CCC(=O)NCC1CCC(N(C)C(=O)c2ccc(-c3ccc(C#N)c(F)c3)cc2)C1. The predicted octanol–water partition coefficient (Wildman–Crippen LogP) is 4.13. The second-order valence-electron chi connectivity index (χ2n) is 7.79. The minimum absolute atomic E-state index is 0.0105. The topological polar surface area (TPSA) is 73.2 Å². The minimum atomic E-state index is -0.555. The van der Waals surface area contributed by atoms with Crippen LogP contribution in [0.15, 0.2) is 42.5 Å². The monoisotopic (exact) mass is 407 g/mol. The van der Waals surface area contributed by atoms with Gasteiger partial charge in [-0.2, -0.15) is 5.26 Å². The molecule has 30 heavy (non-hydrogen) atoms. The first kappa shape index (κ1) is 21.5. The van der Waals surface area contributed by atoms with E-state index in [1.54, 1.807) is 35.2 Å². The van der Waals surface area contributed by atoms with Crippen LogP contribution in [0.5, 0.6) is 0 Å². The first-order valence-corrected chi connectivity index (χ1v) is 10.3. The predicted molar refractivity (Wildman–Crippen MR) is 113 cm³/mol. The minimum Gasteiger partial charge on any atom is -0.356 e. The molecule has 0 aromatic heterocycles. The smallest absolute Gasteiger partial charge is 0.253 e. The summed E-state index contributed by atoms with van der Waals surface area (Å²) in [5, 5.41) is 11.8. The average molecular weight is 407 g/mol. The highest BCUT2D eigenvalue weighted by Crippen LogP contribution is 2.29. The Morgan fingerprint density at radius 3 is 2.50 bits per heavy atom. The van der Waals surface area contributed by atoms with Crippen LogP contribution in [0.2, 0.25) is 0 Å². The van der Waals surface area contributed by atoms with Gasteiger partial charge < -0.3 is 10.2 Å². The van der Waals surface area contributed by atoms with E-state index in [9.17, 15) is 14.0 Å². The van der Waals surface area contributed by atoms with Crippen molar-refractivity contribution >= 4 is 11.8 Å². The number of halogens is 1. The van der Waals surface area contributed by atoms with E-state index in [-0.39, 0.29) is 23.4 Å². The first-order chi connectivity index (χ1) is 14.4. The van der Waals surface area contributed by atoms with Crippen LogP contribution in [0.4, 0.5) is 4.39 Å². The number of benzene rings is 2. The molecule has 0 bridgehead atoms. The Bertz CT molecular complexity index is 965. The maximum Gasteiger partial charge on any atom is 0.253 e. The van der Waals surface area contributed by atoms with Crippen LogP contribution in [-0.4, -0.2) is 36.3 Å². The second-order valence-corrected chi connectivity index (χ2v) is 7.79. The molecule has 2 aromatic rings. The summed E-state index contributed by atoms with van der Waals surface area (Å²) in [6, 6.07) is 13.5. The van der Waals surface area contributed by atoms with Gasteiger partial charge in [-0.25, -0.2) is 4.39 Å². The molecular weight excluding hydrogens is 381 g/mol. The van der Waals surface area contributed by atoms with Crippen molar-refractivity contribution in [1.82, 2.24) is 10.2 Å². The lowest BCUT2D eigenvalue weighted by molar-refractivity contribution is -0.120. The van der Waals surface area contributed by atoms with Crippen molar-refractivity contribution in [1.29, 1.82) is 5.26 Å². The standard InChI is InChI=1S/C24H26FN3O2/c1-3-23(29)27-15-16-4-11-21(12-16)28(2)24(30)18-7-5-17(6-8-18)19-9-10-20(14-26)22(25)13-19/h5-10,13,16,21H,3-4,11-12,15H2,1-2H3,(H,27,29). The molecule has 2 aromatic carbocycles. The van der Waals surface area contributed by atoms with Crippen molar-refractivity contribution < 1.29 is 14.0 Å². The van der Waals surface area contributed by atoms with E-state index in [1.165, 1.54) is 12.1 Å². The van der Waals surface area contributed by atoms with Crippen molar-refractivity contribution in [3.8, 4) is 17.2 Å². The number of nitriles is 1. The molecule has 1 fully saturated rings. The number of carbonyl (C=O) groups is 2. The number of amides is 2. The molecule has 3 rings (SSSR count). The molecule has 2 unspecified atom stereocenters. The molecule has 0 saturated heterocycles. The second kappa shape index (κ2) is 9.53. The van der Waals surface area contributed by atoms with Crippen molar-refractivity contribution in [2.75, 3.05) is 13.6 Å². The number of hydrogen-bond donors (Lipinski definition) is 1. The third kappa shape index (κ3) is 4.85. The van der Waals surface area contributed by atoms with Crippen LogP contribution < -0.4 is 5.32 Å². The van der Waals surface area contributed by atoms with Gasteiger partial charge in [0.15, 0.2) is 0 Å². The highest BCUT2D eigenvalue weighted by atomic mass is 19.1. The molecule has 0 radical (unpaired) electrons. The summed E-state index contributed by atoms with van der Waals surface area (Å²) in [5.41, 5.74) is 2.03. The zero-order valence-electron chi connectivity index (χ0n) is 17.3. The van der Waals surface area contributed by atoms with Gasteiger partial charge in [0.1, 0.15) is 11.9 Å². The van der Waals surface area contributed by atoms with Crippen LogP contribution in [0.25, 0.3) is 11.1 Å². The summed E-state index contributed by atoms with van der Waals surface area (Å²) in [6.45, 7) is 2.50. The van der Waals surface area contributed by atoms with Gasteiger partial charge in [-0.15, -0.1) is 0 Å². The maximum absolute atomic E-state index is 13.9. The highest BCUT2D eigenvalue weighted by Gasteiger charge is 2.30. The van der Waals surface area contributed by atoms with Gasteiger partial charge in [-0.1, -0.05) is 25.1 Å². The lowest BCUT2D eigenvalue weighted by Crippen LogP contribution is -2.36. The van der Waals surface area contributed by atoms with Gasteiger partial charge in [0.2, 0.25) is 5.91 Å². The largest absolute Gasteiger partial charge is 0.356 e. The summed E-state index contributed by atoms with van der Waals surface area (Å²) < 4.78 is 13.9. The van der Waals surface area contributed by atoms with Gasteiger partial charge in [-0.05, 0) is 60.6 Å². The van der Waals surface area contributed by atoms with Crippen LogP contribution in [0, 0.1) is 23.1 Å². The van der Waals surface area contributed by atoms with E-state index in [2.05, 4.69) is 5.32 Å². The van der Waals surface area contributed by atoms with E-state index in [4.69, 9.17) is 5.26 Å². The number of rotatable bonds is 6. The molecule has 0 aliphatic heterocycles. The van der Waals surface area contributed by atoms with Gasteiger partial charge in [-0.3, -0.25) is 9.59 Å². The van der Waals surface area contributed by atoms with Crippen molar-refractivity contribution in [3.63, 3.8) is 0 Å². The summed E-state index contributed by atoms with van der Waals surface area (Å²) >= 11 is 0. The molecule has 5 nitrogen and oxygen atoms in total. The number of hydrogen-bond acceptors (Lipinski definition) is 3. The lowest BCUT2D eigenvalue weighted by Gasteiger charge is -2.25. The fourth-order valence-corrected chi connectivity index (χ4v) is 3.93. The van der Waals surface area contributed by atoms with Gasteiger partial charge in [0.05, 0.1) is 5.56 Å². The summed E-state index contributed by atoms with van der Waals surface area (Å²) in [7, 11) is 1.82. The van der Waals surface area contributed by atoms with Gasteiger partial charge in [0.25, 0.3) is 5.91 Å². The molecule has 156 valence electrons. The number of nitrogens with one attached hydrogen (secondary N) is 1. The molecule has 6 heteroatoms. The van der Waals surface area contributed by atoms with Gasteiger partial charge in [0, 0.05) is 31.6 Å². The van der Waals surface area contributed by atoms with E-state index in [0.29, 0.717) is 30.0 Å². The Kier molecular flexibility index (Phi) is 6.83. The van der Waals surface area contributed by atoms with Crippen LogP contribution in [0.3, 0.4) is 0 Å². The molecule has 0 heterocycles. The molecule has 1 aliphatic carbocycles. The zero-order valence-corrected chi connectivity index (χ0v) is 17.3. The fourth-order valence-electron chi connectivity index (χ4n) is 3.93. The Morgan fingerprint density at radius 2 is 1.87 bits per heavy atom. The highest BCUT2D eigenvalue weighted by molar-refractivity contribution is 5.94. The van der Waals surface area contributed by atoms with E-state index in [1.807, 2.05) is 20.0 Å². The fraction of sp³-hybridized carbons (Fsp3) is 0.375. The Balaban J connectivity index is 1.62. The molecule has 1 N–H and O–H groups in total. The Hall–Kier alpha value is -3.20. The quantitative estimate of drug-likeness (QED) is 0.782. The summed E-state index contributed by atoms with van der Waals surface area (Å²) in [5.74, 6) is -0.142. The van der Waals surface area contributed by atoms with Crippen LogP contribution >= 0.6 is 0 Å². The van der Waals surface area contributed by atoms with Crippen molar-refractivity contribution in [3.05, 3.63) is 59.4 Å². The van der Waals surface area contributed by atoms with Crippen LogP contribution in [-0.2, 0) is 4.79 Å². The normalized spacial score (nSPS) is 17.9. The molecular formula is C24H26FN3O2. The molecule has 1 saturated carbocycles. The van der Waals surface area contributed by atoms with E-state index >= 15 is 0 Å². The summed E-state index contributed by atoms with van der Waals surface area (Å²) in [6.07, 6.45) is 3.29. The number of carbonyl (C=O) groups excluding carboxylic acids is 2. The van der Waals surface area contributed by atoms with Gasteiger partial charge >= 0.3 is 0 Å². The first-order valence-electron chi connectivity index (χ1n) is 10.3. The molecule has 2 atom stereocenters. The Labute approximate surface area is 176 Å². The number of nitrogens with zero attached hydrogens (tertiary/aromatic N) is 2. The van der Waals surface area contributed by atoms with Crippen LogP contribution in [0.1, 0.15) is 48.5 Å². The lowest BCUT2D eigenvalue weighted by atomic mass is 10.0. The molecule has 2 amide bonds. The van der Waals surface area contributed by atoms with Crippen molar-refractivity contribution in [2.45, 2.75) is 38.6 Å². The molecule has 0 spiro atoms. The Morgan fingerprint density at radius 1 is 1.17 bits per heavy atom. The molecule has 1 aliphatic rings. The van der Waals surface area contributed by atoms with E-state index < -0.39 is 5.82 Å². The third-order valence-corrected chi connectivity index (χ3v) is 5.85. The zero-order chi connectivity index (χ0) is 21.7. The van der Waals surface area contributed by atoms with Crippen molar-refractivity contribution in [2.24, 2.45) is 5.92 Å². The van der Waals surface area contributed by atoms with E-state index in [0.717, 1.165) is 24.8 Å². The average Bonchev–Trinajstić information content (AvgIpc) is 3.25. The maximum atomic E-state index is 13.9. The third-order valence-electron chi connectivity index (χ3n) is 5.85.